The van der Waals surface area contributed by atoms with Gasteiger partial charge in [0.2, 0.25) is 0 Å². The maximum absolute atomic E-state index is 3.63. The molecule has 0 radical (unpaired) electrons. The van der Waals surface area contributed by atoms with Crippen molar-refractivity contribution < 1.29 is 18.7 Å². The standard InChI is InChI=1S/C2HN3.Pd/c1-3-2-5-4-1;/h1H;. The first kappa shape index (κ1) is 3.97. The van der Waals surface area contributed by atoms with Gasteiger partial charge in [-0.1, -0.05) is 0 Å². The number of hydrogen-bond donors (Lipinski definition) is 0. The summed E-state index contributed by atoms with van der Waals surface area (Å²) in [7, 11) is 0. The summed E-state index contributed by atoms with van der Waals surface area (Å²) in [5.41, 5.74) is 0. The Kier molecular flexibility index (Phi) is 0.994. The minimum absolute atomic E-state index is 0.581. The number of azo groups is 1. The summed E-state index contributed by atoms with van der Waals surface area (Å²) in [5, 5.41) is 6.91. The molecule has 6 heavy (non-hydrogen) atoms. The molecule has 1 rings (SSSR count). The molecule has 0 atom stereocenters. The summed E-state index contributed by atoms with van der Waals surface area (Å²) < 4.78 is 0.581. The Labute approximate surface area is 45.1 Å². The van der Waals surface area contributed by atoms with E-state index in [1.54, 1.807) is 0 Å². The van der Waals surface area contributed by atoms with E-state index >= 15 is 0 Å². The SMILES string of the molecule is [Pd]=[C]1N=CN=N1. The Bertz CT molecular complexity index is 111. The second-order valence-electron chi connectivity index (χ2n) is 0.701. The zero-order valence-electron chi connectivity index (χ0n) is 2.74. The molecule has 1 aliphatic heterocycles. The van der Waals surface area contributed by atoms with E-state index in [1.165, 1.54) is 6.34 Å². The van der Waals surface area contributed by atoms with Crippen molar-refractivity contribution in [3.63, 3.8) is 0 Å². The third kappa shape index (κ3) is 0.645. The van der Waals surface area contributed by atoms with Gasteiger partial charge in [0.05, 0.1) is 0 Å². The van der Waals surface area contributed by atoms with Crippen molar-refractivity contribution in [1.29, 1.82) is 0 Å². The zero-order valence-corrected chi connectivity index (χ0v) is 4.29. The Balaban J connectivity index is 2.86. The van der Waals surface area contributed by atoms with Gasteiger partial charge in [0.15, 0.2) is 0 Å². The van der Waals surface area contributed by atoms with Crippen molar-refractivity contribution in [3.05, 3.63) is 0 Å². The van der Waals surface area contributed by atoms with E-state index < -0.39 is 0 Å². The second kappa shape index (κ2) is 1.50. The first-order valence-corrected chi connectivity index (χ1v) is 2.10. The van der Waals surface area contributed by atoms with Crippen LogP contribution in [0.25, 0.3) is 0 Å². The molecule has 0 bridgehead atoms. The average molecular weight is 173 g/mol. The Morgan fingerprint density at radius 2 is 2.50 bits per heavy atom. The molecule has 0 aliphatic carbocycles. The molecule has 0 saturated carbocycles. The van der Waals surface area contributed by atoms with Crippen LogP contribution < -0.4 is 0 Å². The van der Waals surface area contributed by atoms with Crippen LogP contribution in [0.2, 0.25) is 0 Å². The number of hydrogen-bond acceptors (Lipinski definition) is 3. The Morgan fingerprint density at radius 3 is 2.67 bits per heavy atom. The van der Waals surface area contributed by atoms with Crippen molar-refractivity contribution in [2.45, 2.75) is 0 Å². The molecular formula is C2HN3Pd. The predicted molar refractivity (Wildman–Crippen MR) is 18.4 cm³/mol. The van der Waals surface area contributed by atoms with E-state index in [9.17, 15) is 0 Å². The molecule has 0 saturated heterocycles. The summed E-state index contributed by atoms with van der Waals surface area (Å²) in [6, 6.07) is 0. The van der Waals surface area contributed by atoms with Crippen molar-refractivity contribution in [3.8, 4) is 0 Å². The fourth-order valence-electron chi connectivity index (χ4n) is 0.166. The van der Waals surface area contributed by atoms with Crippen LogP contribution >= 0.6 is 0 Å². The molecule has 0 N–H and O–H groups in total. The summed E-state index contributed by atoms with van der Waals surface area (Å²) in [6.07, 6.45) is 1.39. The summed E-state index contributed by atoms with van der Waals surface area (Å²) in [5.74, 6) is 0. The van der Waals surface area contributed by atoms with Crippen molar-refractivity contribution in [2.24, 2.45) is 15.2 Å². The van der Waals surface area contributed by atoms with Crippen LogP contribution in [0, 0.1) is 0 Å². The third-order valence-corrected chi connectivity index (χ3v) is 0.698. The summed E-state index contributed by atoms with van der Waals surface area (Å²) in [6.45, 7) is 0. The normalized spacial score (nSPS) is 17.3. The quantitative estimate of drug-likeness (QED) is 0.467. The van der Waals surface area contributed by atoms with Crippen LogP contribution in [0.4, 0.5) is 0 Å². The molecule has 1 heterocycles. The van der Waals surface area contributed by atoms with Gasteiger partial charge < -0.3 is 0 Å². The van der Waals surface area contributed by atoms with Gasteiger partial charge in [-0.05, 0) is 0 Å². The van der Waals surface area contributed by atoms with Gasteiger partial charge in [-0.2, -0.15) is 0 Å². The topological polar surface area (TPSA) is 37.1 Å². The monoisotopic (exact) mass is 173 g/mol. The molecule has 4 heteroatoms. The molecule has 0 amide bonds. The van der Waals surface area contributed by atoms with Crippen molar-refractivity contribution >= 4 is 10.6 Å². The summed E-state index contributed by atoms with van der Waals surface area (Å²) >= 11 is 2.76. The van der Waals surface area contributed by atoms with Gasteiger partial charge >= 0.3 is 44.5 Å². The van der Waals surface area contributed by atoms with E-state index in [-0.39, 0.29) is 0 Å². The number of aliphatic imine (C=N–C) groups is 1. The first-order chi connectivity index (χ1) is 2.89. The van der Waals surface area contributed by atoms with Gasteiger partial charge in [0, 0.05) is 0 Å². The van der Waals surface area contributed by atoms with Crippen LogP contribution in [0.3, 0.4) is 0 Å². The van der Waals surface area contributed by atoms with E-state index in [0.717, 1.165) is 0 Å². The van der Waals surface area contributed by atoms with Gasteiger partial charge in [0.1, 0.15) is 0 Å². The second-order valence-corrected chi connectivity index (χ2v) is 1.40. The number of rotatable bonds is 0. The van der Waals surface area contributed by atoms with Gasteiger partial charge in [0.25, 0.3) is 0 Å². The van der Waals surface area contributed by atoms with Crippen molar-refractivity contribution in [2.75, 3.05) is 0 Å². The Hall–Kier alpha value is -0.198. The van der Waals surface area contributed by atoms with Gasteiger partial charge in [-0.3, -0.25) is 0 Å². The molecule has 0 aromatic heterocycles. The maximum atomic E-state index is 3.63. The molecule has 0 aromatic carbocycles. The minimum atomic E-state index is 0.581. The molecule has 0 spiro atoms. The molecule has 0 aromatic rings. The zero-order chi connectivity index (χ0) is 4.41. The third-order valence-electron chi connectivity index (χ3n) is 0.342. The van der Waals surface area contributed by atoms with Crippen molar-refractivity contribution in [1.82, 2.24) is 0 Å². The van der Waals surface area contributed by atoms with Crippen LogP contribution in [-0.4, -0.2) is 10.6 Å². The molecule has 34 valence electrons. The van der Waals surface area contributed by atoms with E-state index in [1.807, 2.05) is 0 Å². The van der Waals surface area contributed by atoms with E-state index in [0.29, 0.717) is 4.23 Å². The van der Waals surface area contributed by atoms with Crippen LogP contribution in [0.1, 0.15) is 0 Å². The molecule has 0 unspecified atom stereocenters. The van der Waals surface area contributed by atoms with Crippen LogP contribution in [0.5, 0.6) is 0 Å². The molecule has 3 nitrogen and oxygen atoms in total. The van der Waals surface area contributed by atoms with Crippen LogP contribution in [-0.2, 0) is 18.7 Å². The average Bonchev–Trinajstić information content (AvgIpc) is 1.86. The first-order valence-electron chi connectivity index (χ1n) is 1.32. The number of nitrogens with zero attached hydrogens (tertiary/aromatic N) is 3. The molecule has 0 fully saturated rings. The molecule has 1 aliphatic rings. The predicted octanol–water partition coefficient (Wildman–Crippen LogP) is 0.115. The van der Waals surface area contributed by atoms with Crippen LogP contribution in [0.15, 0.2) is 15.2 Å². The summed E-state index contributed by atoms with van der Waals surface area (Å²) in [4.78, 5) is 3.63. The van der Waals surface area contributed by atoms with E-state index in [4.69, 9.17) is 0 Å². The Morgan fingerprint density at radius 1 is 1.67 bits per heavy atom. The van der Waals surface area contributed by atoms with Gasteiger partial charge in [-0.25, -0.2) is 0 Å². The fourth-order valence-corrected chi connectivity index (χ4v) is 0.345. The van der Waals surface area contributed by atoms with Gasteiger partial charge in [-0.15, -0.1) is 0 Å². The fraction of sp³-hybridized carbons (Fsp3) is 0. The molecular weight excluding hydrogens is 172 g/mol. The van der Waals surface area contributed by atoms with E-state index in [2.05, 4.69) is 34.0 Å².